The van der Waals surface area contributed by atoms with E-state index in [2.05, 4.69) is 81.5 Å². The normalized spacial score (nSPS) is 12.5. The van der Waals surface area contributed by atoms with Gasteiger partial charge in [-0.05, 0) is 103 Å². The maximum absolute atomic E-state index is 12.7. The van der Waals surface area contributed by atoms with Crippen molar-refractivity contribution in [3.63, 3.8) is 0 Å². The number of unbranched alkanes of at least 4 members (excludes halogenated alkanes) is 22. The van der Waals surface area contributed by atoms with Crippen LogP contribution in [0, 0.1) is 0 Å². The molecule has 58 heavy (non-hydrogen) atoms. The maximum Gasteiger partial charge on any atom is 0.306 e. The van der Waals surface area contributed by atoms with Crippen LogP contribution in [0.15, 0.2) is 60.8 Å². The van der Waals surface area contributed by atoms with Crippen LogP contribution >= 0.6 is 0 Å². The lowest BCUT2D eigenvalue weighted by atomic mass is 10.1. The van der Waals surface area contributed by atoms with Crippen LogP contribution in [0.1, 0.15) is 233 Å². The van der Waals surface area contributed by atoms with Gasteiger partial charge in [0.2, 0.25) is 0 Å². The van der Waals surface area contributed by atoms with Gasteiger partial charge in [-0.2, -0.15) is 0 Å². The molecule has 6 nitrogen and oxygen atoms in total. The smallest absolute Gasteiger partial charge is 0.306 e. The van der Waals surface area contributed by atoms with Gasteiger partial charge < -0.3 is 14.2 Å². The molecule has 1 unspecified atom stereocenters. The molecule has 0 saturated heterocycles. The molecule has 0 aromatic rings. The van der Waals surface area contributed by atoms with Crippen molar-refractivity contribution in [2.45, 2.75) is 239 Å². The van der Waals surface area contributed by atoms with Crippen LogP contribution in [-0.2, 0) is 28.6 Å². The van der Waals surface area contributed by atoms with E-state index in [1.54, 1.807) is 0 Å². The Bertz CT molecular complexity index is 1070. The second-order valence-corrected chi connectivity index (χ2v) is 16.0. The summed E-state index contributed by atoms with van der Waals surface area (Å²) in [4.78, 5) is 37.8. The van der Waals surface area contributed by atoms with Gasteiger partial charge in [-0.3, -0.25) is 14.4 Å². The zero-order valence-corrected chi connectivity index (χ0v) is 38.0. The Kier molecular flexibility index (Phi) is 44.5. The third-order valence-corrected chi connectivity index (χ3v) is 10.2. The number of carbonyl (C=O) groups excluding carboxylic acids is 3. The molecule has 0 saturated carbocycles. The van der Waals surface area contributed by atoms with E-state index < -0.39 is 6.10 Å². The molecule has 0 bridgehead atoms. The SMILES string of the molecule is CC/C=C\C/C=C\C/C=C\CCCCCCCCC(=O)OCC(COC(=O)CCCCCCC/C=C\CCCCC)OC(=O)CCCCCCC/C=C\CCCCC. The van der Waals surface area contributed by atoms with Crippen LogP contribution in [0.25, 0.3) is 0 Å². The Balaban J connectivity index is 4.40. The van der Waals surface area contributed by atoms with Crippen molar-refractivity contribution in [3.05, 3.63) is 60.8 Å². The molecule has 0 aromatic carbocycles. The Morgan fingerprint density at radius 3 is 1.07 bits per heavy atom. The summed E-state index contributed by atoms with van der Waals surface area (Å²) in [6.45, 7) is 6.45. The molecule has 0 radical (unpaired) electrons. The maximum atomic E-state index is 12.7. The first kappa shape index (κ1) is 55.1. The summed E-state index contributed by atoms with van der Waals surface area (Å²) in [7, 11) is 0. The van der Waals surface area contributed by atoms with E-state index in [-0.39, 0.29) is 31.1 Å². The monoisotopic (exact) mass is 811 g/mol. The molecule has 0 aromatic heterocycles. The summed E-state index contributed by atoms with van der Waals surface area (Å²) in [5, 5.41) is 0. The topological polar surface area (TPSA) is 78.9 Å². The third-order valence-electron chi connectivity index (χ3n) is 10.2. The van der Waals surface area contributed by atoms with Gasteiger partial charge in [-0.15, -0.1) is 0 Å². The molecule has 0 rings (SSSR count). The van der Waals surface area contributed by atoms with E-state index >= 15 is 0 Å². The largest absolute Gasteiger partial charge is 0.462 e. The highest BCUT2D eigenvalue weighted by atomic mass is 16.6. The van der Waals surface area contributed by atoms with Gasteiger partial charge in [0.15, 0.2) is 6.10 Å². The molecule has 334 valence electrons. The molecule has 6 heteroatoms. The van der Waals surface area contributed by atoms with Crippen LogP contribution in [0.5, 0.6) is 0 Å². The van der Waals surface area contributed by atoms with E-state index in [1.807, 2.05) is 0 Å². The average Bonchev–Trinajstić information content (AvgIpc) is 3.22. The van der Waals surface area contributed by atoms with Crippen LogP contribution < -0.4 is 0 Å². The molecule has 0 aliphatic rings. The fourth-order valence-corrected chi connectivity index (χ4v) is 6.56. The van der Waals surface area contributed by atoms with Crippen molar-refractivity contribution >= 4 is 17.9 Å². The number of rotatable bonds is 43. The highest BCUT2D eigenvalue weighted by molar-refractivity contribution is 5.71. The van der Waals surface area contributed by atoms with Gasteiger partial charge in [0, 0.05) is 19.3 Å². The quantitative estimate of drug-likeness (QED) is 0.0264. The Morgan fingerprint density at radius 2 is 0.672 bits per heavy atom. The zero-order chi connectivity index (χ0) is 42.3. The first-order chi connectivity index (χ1) is 28.5. The molecule has 1 atom stereocenters. The molecule has 0 N–H and O–H groups in total. The standard InChI is InChI=1S/C52H90O6/c1-4-7-10-13-16-19-22-25-26-27-28-31-33-36-39-42-45-51(54)57-48-49(58-52(55)46-43-40-37-34-30-24-21-18-15-12-9-6-3)47-56-50(53)44-41-38-35-32-29-23-20-17-14-11-8-5-2/h7,10,16-21,25-26,49H,4-6,8-9,11-15,22-24,27-48H2,1-3H3/b10-7-,19-16-,20-17-,21-18-,26-25-. The van der Waals surface area contributed by atoms with Crippen molar-refractivity contribution in [2.24, 2.45) is 0 Å². The summed E-state index contributed by atoms with van der Waals surface area (Å²) < 4.78 is 16.7. The number of hydrogen-bond acceptors (Lipinski definition) is 6. The summed E-state index contributed by atoms with van der Waals surface area (Å²) in [5.74, 6) is -0.918. The minimum absolute atomic E-state index is 0.0864. The van der Waals surface area contributed by atoms with Crippen molar-refractivity contribution < 1.29 is 28.6 Å². The van der Waals surface area contributed by atoms with E-state index in [9.17, 15) is 14.4 Å². The highest BCUT2D eigenvalue weighted by Gasteiger charge is 2.19. The summed E-state index contributed by atoms with van der Waals surface area (Å²) in [6, 6.07) is 0. The van der Waals surface area contributed by atoms with E-state index in [4.69, 9.17) is 14.2 Å². The van der Waals surface area contributed by atoms with Crippen LogP contribution in [-0.4, -0.2) is 37.2 Å². The van der Waals surface area contributed by atoms with Gasteiger partial charge in [-0.1, -0.05) is 171 Å². The predicted molar refractivity (Wildman–Crippen MR) is 247 cm³/mol. The van der Waals surface area contributed by atoms with E-state index in [0.717, 1.165) is 103 Å². The number of ether oxygens (including phenoxy) is 3. The molecule has 0 fully saturated rings. The first-order valence-electron chi connectivity index (χ1n) is 24.3. The highest BCUT2D eigenvalue weighted by Crippen LogP contribution is 2.13. The molecule has 0 aliphatic heterocycles. The van der Waals surface area contributed by atoms with Crippen molar-refractivity contribution in [1.29, 1.82) is 0 Å². The Labute approximate surface area is 358 Å². The molecule has 0 spiro atoms. The Morgan fingerprint density at radius 1 is 0.362 bits per heavy atom. The molecular formula is C52H90O6. The molecule has 0 aliphatic carbocycles. The van der Waals surface area contributed by atoms with Gasteiger partial charge in [0.05, 0.1) is 0 Å². The average molecular weight is 811 g/mol. The predicted octanol–water partition coefficient (Wildman–Crippen LogP) is 15.7. The summed E-state index contributed by atoms with van der Waals surface area (Å²) >= 11 is 0. The third kappa shape index (κ3) is 44.2. The number of allylic oxidation sites excluding steroid dienone is 10. The lowest BCUT2D eigenvalue weighted by Crippen LogP contribution is -2.30. The van der Waals surface area contributed by atoms with Crippen molar-refractivity contribution in [2.75, 3.05) is 13.2 Å². The van der Waals surface area contributed by atoms with Gasteiger partial charge in [-0.25, -0.2) is 0 Å². The molecular weight excluding hydrogens is 721 g/mol. The minimum atomic E-state index is -0.785. The summed E-state index contributed by atoms with van der Waals surface area (Å²) in [6.07, 6.45) is 56.2. The van der Waals surface area contributed by atoms with Crippen molar-refractivity contribution in [3.8, 4) is 0 Å². The van der Waals surface area contributed by atoms with E-state index in [0.29, 0.717) is 19.3 Å². The second kappa shape index (κ2) is 46.8. The van der Waals surface area contributed by atoms with E-state index in [1.165, 1.54) is 89.9 Å². The lowest BCUT2D eigenvalue weighted by Gasteiger charge is -2.18. The van der Waals surface area contributed by atoms with Crippen LogP contribution in [0.4, 0.5) is 0 Å². The number of carbonyl (C=O) groups is 3. The first-order valence-corrected chi connectivity index (χ1v) is 24.3. The molecule has 0 amide bonds. The number of esters is 3. The fraction of sp³-hybridized carbons (Fsp3) is 0.750. The van der Waals surface area contributed by atoms with Crippen molar-refractivity contribution in [1.82, 2.24) is 0 Å². The second-order valence-electron chi connectivity index (χ2n) is 16.0. The fourth-order valence-electron chi connectivity index (χ4n) is 6.56. The Hall–Kier alpha value is -2.89. The number of hydrogen-bond donors (Lipinski definition) is 0. The van der Waals surface area contributed by atoms with Crippen LogP contribution in [0.2, 0.25) is 0 Å². The van der Waals surface area contributed by atoms with Gasteiger partial charge >= 0.3 is 17.9 Å². The van der Waals surface area contributed by atoms with Gasteiger partial charge in [0.25, 0.3) is 0 Å². The molecule has 0 heterocycles. The lowest BCUT2D eigenvalue weighted by molar-refractivity contribution is -0.167. The van der Waals surface area contributed by atoms with Crippen LogP contribution in [0.3, 0.4) is 0 Å². The summed E-state index contributed by atoms with van der Waals surface area (Å²) in [5.41, 5.74) is 0. The zero-order valence-electron chi connectivity index (χ0n) is 38.0. The minimum Gasteiger partial charge on any atom is -0.462 e. The van der Waals surface area contributed by atoms with Gasteiger partial charge in [0.1, 0.15) is 13.2 Å².